The topological polar surface area (TPSA) is 131 Å². The second-order valence-electron chi connectivity index (χ2n) is 9.02. The quantitative estimate of drug-likeness (QED) is 0.344. The molecule has 1 heterocycles. The highest BCUT2D eigenvalue weighted by atomic mass is 16.5. The lowest BCUT2D eigenvalue weighted by molar-refractivity contribution is -0.121. The molecule has 0 saturated carbocycles. The molecule has 0 aliphatic carbocycles. The van der Waals surface area contributed by atoms with Crippen LogP contribution in [0.1, 0.15) is 41.0 Å². The Kier molecular flexibility index (Phi) is 9.25. The molecule has 0 fully saturated rings. The van der Waals surface area contributed by atoms with E-state index in [1.807, 2.05) is 37.2 Å². The van der Waals surface area contributed by atoms with Crippen molar-refractivity contribution < 1.29 is 33.6 Å². The van der Waals surface area contributed by atoms with Crippen LogP contribution in [-0.4, -0.2) is 63.0 Å². The number of rotatable bonds is 11. The van der Waals surface area contributed by atoms with Gasteiger partial charge in [0.15, 0.2) is 28.8 Å². The maximum absolute atomic E-state index is 13.2. The van der Waals surface area contributed by atoms with Gasteiger partial charge in [0.25, 0.3) is 0 Å². The van der Waals surface area contributed by atoms with E-state index in [-0.39, 0.29) is 42.2 Å². The number of amides is 1. The Labute approximate surface area is 221 Å². The van der Waals surface area contributed by atoms with Gasteiger partial charge in [0.05, 0.1) is 33.3 Å². The van der Waals surface area contributed by atoms with Gasteiger partial charge in [0.2, 0.25) is 17.1 Å². The minimum atomic E-state index is -0.823. The molecule has 1 amide bonds. The van der Waals surface area contributed by atoms with Crippen molar-refractivity contribution in [2.75, 3.05) is 42.0 Å². The number of benzene rings is 2. The molecule has 0 saturated heterocycles. The number of carbonyl (C=O) groups is 1. The SMILES string of the molecule is COc1cc([C@@H](CC(=O)NC[C@H](c2ccc(OC)c(OC)c2)N(C)C)c2oc(C)cc(=O)c2O)ccc1O. The fourth-order valence-electron chi connectivity index (χ4n) is 4.26. The van der Waals surface area contributed by atoms with Crippen molar-refractivity contribution in [1.29, 1.82) is 0 Å². The number of ether oxygens (including phenoxy) is 3. The van der Waals surface area contributed by atoms with Crippen LogP contribution >= 0.6 is 0 Å². The van der Waals surface area contributed by atoms with E-state index >= 15 is 0 Å². The fraction of sp³-hybridized carbons (Fsp3) is 0.357. The molecular formula is C28H34N2O8. The van der Waals surface area contributed by atoms with Crippen molar-refractivity contribution in [3.05, 3.63) is 75.3 Å². The van der Waals surface area contributed by atoms with Crippen molar-refractivity contribution in [1.82, 2.24) is 10.2 Å². The van der Waals surface area contributed by atoms with Gasteiger partial charge in [0, 0.05) is 19.0 Å². The van der Waals surface area contributed by atoms with E-state index in [1.54, 1.807) is 33.3 Å². The molecule has 2 atom stereocenters. The number of phenols is 1. The molecule has 1 aromatic heterocycles. The van der Waals surface area contributed by atoms with E-state index in [0.29, 0.717) is 22.8 Å². The Morgan fingerprint density at radius 3 is 2.21 bits per heavy atom. The number of aryl methyl sites for hydroxylation is 1. The second-order valence-corrected chi connectivity index (χ2v) is 9.02. The molecule has 3 rings (SSSR count). The predicted octanol–water partition coefficient (Wildman–Crippen LogP) is 3.33. The van der Waals surface area contributed by atoms with Crippen LogP contribution in [-0.2, 0) is 4.79 Å². The maximum Gasteiger partial charge on any atom is 0.227 e. The number of nitrogens with zero attached hydrogens (tertiary/aromatic N) is 1. The Morgan fingerprint density at radius 2 is 1.58 bits per heavy atom. The first-order valence-electron chi connectivity index (χ1n) is 11.9. The van der Waals surface area contributed by atoms with Gasteiger partial charge in [-0.15, -0.1) is 0 Å². The lowest BCUT2D eigenvalue weighted by Crippen LogP contribution is -2.35. The minimum absolute atomic E-state index is 0.0399. The molecule has 2 aromatic carbocycles. The number of likely N-dealkylation sites (N-methyl/N-ethyl adjacent to an activating group) is 1. The van der Waals surface area contributed by atoms with Crippen molar-refractivity contribution in [3.8, 4) is 28.7 Å². The van der Waals surface area contributed by atoms with E-state index in [2.05, 4.69) is 5.32 Å². The van der Waals surface area contributed by atoms with Gasteiger partial charge in [-0.2, -0.15) is 0 Å². The van der Waals surface area contributed by atoms with Gasteiger partial charge in [-0.25, -0.2) is 0 Å². The van der Waals surface area contributed by atoms with Crippen LogP contribution in [0.3, 0.4) is 0 Å². The van der Waals surface area contributed by atoms with Crippen molar-refractivity contribution in [2.24, 2.45) is 0 Å². The highest BCUT2D eigenvalue weighted by molar-refractivity contribution is 5.77. The number of nitrogens with one attached hydrogen (secondary N) is 1. The van der Waals surface area contributed by atoms with Crippen LogP contribution < -0.4 is 25.0 Å². The van der Waals surface area contributed by atoms with Gasteiger partial charge in [-0.3, -0.25) is 9.59 Å². The lowest BCUT2D eigenvalue weighted by atomic mass is 9.91. The summed E-state index contributed by atoms with van der Waals surface area (Å²) in [6, 6.07) is 11.1. The molecule has 0 bridgehead atoms. The first-order valence-corrected chi connectivity index (χ1v) is 11.9. The minimum Gasteiger partial charge on any atom is -0.504 e. The summed E-state index contributed by atoms with van der Waals surface area (Å²) >= 11 is 0. The van der Waals surface area contributed by atoms with Crippen molar-refractivity contribution >= 4 is 5.91 Å². The van der Waals surface area contributed by atoms with Gasteiger partial charge < -0.3 is 39.1 Å². The first kappa shape index (κ1) is 28.4. The van der Waals surface area contributed by atoms with Gasteiger partial charge in [-0.1, -0.05) is 12.1 Å². The normalized spacial score (nSPS) is 12.6. The van der Waals surface area contributed by atoms with Gasteiger partial charge in [0.1, 0.15) is 5.76 Å². The molecule has 0 aliphatic rings. The van der Waals surface area contributed by atoms with E-state index < -0.39 is 17.1 Å². The fourth-order valence-corrected chi connectivity index (χ4v) is 4.26. The summed E-state index contributed by atoms with van der Waals surface area (Å²) in [5, 5.41) is 23.5. The summed E-state index contributed by atoms with van der Waals surface area (Å²) in [5.41, 5.74) is 0.819. The zero-order valence-electron chi connectivity index (χ0n) is 22.4. The zero-order chi connectivity index (χ0) is 28.0. The number of carbonyl (C=O) groups excluding carboxylic acids is 1. The average molecular weight is 527 g/mol. The Morgan fingerprint density at radius 1 is 0.947 bits per heavy atom. The summed E-state index contributed by atoms with van der Waals surface area (Å²) in [6.07, 6.45) is -0.139. The summed E-state index contributed by atoms with van der Waals surface area (Å²) in [6.45, 7) is 1.86. The molecule has 3 N–H and O–H groups in total. The van der Waals surface area contributed by atoms with Crippen molar-refractivity contribution in [2.45, 2.75) is 25.3 Å². The number of phenolic OH excluding ortho intramolecular Hbond substituents is 1. The van der Waals surface area contributed by atoms with E-state index in [1.165, 1.54) is 19.2 Å². The molecule has 10 heteroatoms. The Balaban J connectivity index is 1.90. The highest BCUT2D eigenvalue weighted by Gasteiger charge is 2.27. The van der Waals surface area contributed by atoms with Crippen LogP contribution in [0.4, 0.5) is 0 Å². The standard InChI is InChI=1S/C28H34N2O8/c1-16-11-22(32)27(34)28(38-16)19(17-7-9-21(31)24(12-17)36-5)14-26(33)29-15-20(30(2)3)18-8-10-23(35-4)25(13-18)37-6/h7-13,19-20,31,34H,14-15H2,1-6H3,(H,29,33)/t19-,20-/m1/s1. The van der Waals surface area contributed by atoms with Crippen LogP contribution in [0.15, 0.2) is 51.7 Å². The summed E-state index contributed by atoms with van der Waals surface area (Å²) in [5.74, 6) is -0.201. The molecule has 0 radical (unpaired) electrons. The number of aromatic hydroxyl groups is 2. The lowest BCUT2D eigenvalue weighted by Gasteiger charge is -2.26. The largest absolute Gasteiger partial charge is 0.504 e. The third kappa shape index (κ3) is 6.38. The zero-order valence-corrected chi connectivity index (χ0v) is 22.4. The van der Waals surface area contributed by atoms with Crippen LogP contribution in [0.2, 0.25) is 0 Å². The molecule has 0 spiro atoms. The summed E-state index contributed by atoms with van der Waals surface area (Å²) in [7, 11) is 8.33. The molecule has 38 heavy (non-hydrogen) atoms. The summed E-state index contributed by atoms with van der Waals surface area (Å²) in [4.78, 5) is 27.5. The second kappa shape index (κ2) is 12.4. The van der Waals surface area contributed by atoms with Crippen LogP contribution in [0.5, 0.6) is 28.7 Å². The third-order valence-corrected chi connectivity index (χ3v) is 6.29. The number of methoxy groups -OCH3 is 3. The van der Waals surface area contributed by atoms with E-state index in [4.69, 9.17) is 18.6 Å². The van der Waals surface area contributed by atoms with Gasteiger partial charge in [-0.05, 0) is 56.4 Å². The van der Waals surface area contributed by atoms with E-state index in [0.717, 1.165) is 5.56 Å². The average Bonchev–Trinajstić information content (AvgIpc) is 2.89. The molecular weight excluding hydrogens is 492 g/mol. The Bertz CT molecular complexity index is 1330. The monoisotopic (exact) mass is 526 g/mol. The number of hydrogen-bond acceptors (Lipinski definition) is 9. The van der Waals surface area contributed by atoms with E-state index in [9.17, 15) is 19.8 Å². The molecule has 10 nitrogen and oxygen atoms in total. The van der Waals surface area contributed by atoms with Gasteiger partial charge >= 0.3 is 0 Å². The predicted molar refractivity (Wildman–Crippen MR) is 141 cm³/mol. The van der Waals surface area contributed by atoms with Crippen molar-refractivity contribution in [3.63, 3.8) is 0 Å². The van der Waals surface area contributed by atoms with Crippen LogP contribution in [0, 0.1) is 6.92 Å². The molecule has 204 valence electrons. The first-order chi connectivity index (χ1) is 18.1. The third-order valence-electron chi connectivity index (χ3n) is 6.29. The summed E-state index contributed by atoms with van der Waals surface area (Å²) < 4.78 is 21.7. The highest BCUT2D eigenvalue weighted by Crippen LogP contribution is 2.37. The molecule has 0 aliphatic heterocycles. The van der Waals surface area contributed by atoms with Crippen LogP contribution in [0.25, 0.3) is 0 Å². The smallest absolute Gasteiger partial charge is 0.227 e. The molecule has 0 unspecified atom stereocenters. The maximum atomic E-state index is 13.2. The Hall–Kier alpha value is -4.18. The number of hydrogen-bond donors (Lipinski definition) is 3. The molecule has 3 aromatic rings.